The van der Waals surface area contributed by atoms with E-state index >= 15 is 0 Å². The number of amidine groups is 2. The van der Waals surface area contributed by atoms with E-state index in [9.17, 15) is 0 Å². The van der Waals surface area contributed by atoms with Gasteiger partial charge in [-0.3, -0.25) is 9.98 Å². The molecule has 0 fully saturated rings. The first-order chi connectivity index (χ1) is 26.9. The zero-order valence-electron chi connectivity index (χ0n) is 31.7. The van der Waals surface area contributed by atoms with Gasteiger partial charge in [0, 0.05) is 51.1 Å². The molecule has 0 atom stereocenters. The highest BCUT2D eigenvalue weighted by Gasteiger charge is 2.19. The molecule has 0 aliphatic carbocycles. The minimum atomic E-state index is 0.0560. The molecule has 9 rings (SSSR count). The SMILES string of the molecule is CN=C(NC(=NCc1cccc(-n2c3ccccc3c3cc4c5ccccc5n(-c5ccccc5)c4cc32)c1)c1ccc(C(C)(C)C)cc1)c1ccccc1. The van der Waals surface area contributed by atoms with E-state index in [0.29, 0.717) is 6.54 Å². The monoisotopic (exact) mass is 713 g/mol. The molecule has 268 valence electrons. The Kier molecular flexibility index (Phi) is 8.63. The van der Waals surface area contributed by atoms with Crippen molar-refractivity contribution in [2.24, 2.45) is 9.98 Å². The van der Waals surface area contributed by atoms with E-state index in [1.54, 1.807) is 0 Å². The van der Waals surface area contributed by atoms with Gasteiger partial charge in [-0.15, -0.1) is 0 Å². The fourth-order valence-electron chi connectivity index (χ4n) is 7.83. The van der Waals surface area contributed by atoms with E-state index in [-0.39, 0.29) is 5.41 Å². The summed E-state index contributed by atoms with van der Waals surface area (Å²) in [5.74, 6) is 1.56. The Bertz CT molecular complexity index is 2890. The van der Waals surface area contributed by atoms with Crippen molar-refractivity contribution in [3.8, 4) is 11.4 Å². The first kappa shape index (κ1) is 34.1. The molecule has 5 heteroatoms. The van der Waals surface area contributed by atoms with Gasteiger partial charge in [0.05, 0.1) is 28.6 Å². The summed E-state index contributed by atoms with van der Waals surface area (Å²) in [5, 5.41) is 8.56. The van der Waals surface area contributed by atoms with Gasteiger partial charge in [-0.1, -0.05) is 142 Å². The molecule has 0 aliphatic heterocycles. The van der Waals surface area contributed by atoms with Crippen LogP contribution < -0.4 is 5.32 Å². The lowest BCUT2D eigenvalue weighted by molar-refractivity contribution is 0.590. The summed E-state index contributed by atoms with van der Waals surface area (Å²) in [6.07, 6.45) is 0. The number of fused-ring (bicyclic) bond motifs is 6. The maximum absolute atomic E-state index is 5.24. The average Bonchev–Trinajstić information content (AvgIpc) is 3.72. The lowest BCUT2D eigenvalue weighted by Crippen LogP contribution is -2.32. The predicted octanol–water partition coefficient (Wildman–Crippen LogP) is 11.8. The molecule has 0 radical (unpaired) electrons. The summed E-state index contributed by atoms with van der Waals surface area (Å²) < 4.78 is 4.80. The Balaban J connectivity index is 1.17. The summed E-state index contributed by atoms with van der Waals surface area (Å²) in [6.45, 7) is 7.21. The van der Waals surface area contributed by atoms with Crippen LogP contribution in [0, 0.1) is 0 Å². The molecule has 0 saturated carbocycles. The maximum atomic E-state index is 5.24. The summed E-state index contributed by atoms with van der Waals surface area (Å²) in [7, 11) is 1.82. The van der Waals surface area contributed by atoms with Crippen LogP contribution >= 0.6 is 0 Å². The summed E-state index contributed by atoms with van der Waals surface area (Å²) in [6, 6.07) is 60.7. The number of nitrogens with one attached hydrogen (secondary N) is 1. The summed E-state index contributed by atoms with van der Waals surface area (Å²) in [5.41, 5.74) is 11.5. The van der Waals surface area contributed by atoms with Crippen molar-refractivity contribution in [3.63, 3.8) is 0 Å². The Hall–Kier alpha value is -6.72. The van der Waals surface area contributed by atoms with Crippen molar-refractivity contribution >= 4 is 55.3 Å². The molecule has 0 bridgehead atoms. The molecule has 1 N–H and O–H groups in total. The molecule has 55 heavy (non-hydrogen) atoms. The predicted molar refractivity (Wildman–Crippen MR) is 233 cm³/mol. The molecule has 0 amide bonds. The van der Waals surface area contributed by atoms with Gasteiger partial charge in [-0.25, -0.2) is 0 Å². The Morgan fingerprint density at radius 2 is 1.04 bits per heavy atom. The molecule has 0 aliphatic rings. The topological polar surface area (TPSA) is 46.6 Å². The minimum absolute atomic E-state index is 0.0560. The van der Waals surface area contributed by atoms with E-state index in [1.165, 1.54) is 49.2 Å². The lowest BCUT2D eigenvalue weighted by Gasteiger charge is -2.20. The number of nitrogens with zero attached hydrogens (tertiary/aromatic N) is 4. The fraction of sp³-hybridized carbons (Fsp3) is 0.120. The average molecular weight is 714 g/mol. The molecule has 0 saturated heterocycles. The summed E-state index contributed by atoms with van der Waals surface area (Å²) in [4.78, 5) is 9.86. The molecule has 2 heterocycles. The van der Waals surface area contributed by atoms with Gasteiger partial charge in [0.15, 0.2) is 0 Å². The third-order valence-corrected chi connectivity index (χ3v) is 10.6. The van der Waals surface area contributed by atoms with Crippen LogP contribution in [-0.2, 0) is 12.0 Å². The Morgan fingerprint density at radius 3 is 1.65 bits per heavy atom. The van der Waals surface area contributed by atoms with Crippen LogP contribution in [0.2, 0.25) is 0 Å². The van der Waals surface area contributed by atoms with Gasteiger partial charge < -0.3 is 14.5 Å². The second kappa shape index (κ2) is 13.9. The number of para-hydroxylation sites is 3. The minimum Gasteiger partial charge on any atom is -0.325 e. The number of hydrogen-bond donors (Lipinski definition) is 1. The zero-order valence-corrected chi connectivity index (χ0v) is 31.7. The number of aliphatic imine (C=N–C) groups is 2. The Morgan fingerprint density at radius 1 is 0.491 bits per heavy atom. The second-order valence-electron chi connectivity index (χ2n) is 15.2. The van der Waals surface area contributed by atoms with Crippen LogP contribution in [0.4, 0.5) is 0 Å². The van der Waals surface area contributed by atoms with E-state index in [1.807, 2.05) is 25.2 Å². The van der Waals surface area contributed by atoms with Gasteiger partial charge in [0.2, 0.25) is 0 Å². The largest absolute Gasteiger partial charge is 0.325 e. The smallest absolute Gasteiger partial charge is 0.134 e. The highest BCUT2D eigenvalue weighted by Crippen LogP contribution is 2.39. The number of aromatic nitrogens is 2. The third-order valence-electron chi connectivity index (χ3n) is 10.6. The highest BCUT2D eigenvalue weighted by molar-refractivity contribution is 6.19. The molecule has 0 unspecified atom stereocenters. The van der Waals surface area contributed by atoms with Gasteiger partial charge in [0.1, 0.15) is 11.7 Å². The van der Waals surface area contributed by atoms with Crippen LogP contribution in [0.5, 0.6) is 0 Å². The van der Waals surface area contributed by atoms with Crippen molar-refractivity contribution in [3.05, 3.63) is 192 Å². The van der Waals surface area contributed by atoms with Crippen LogP contribution in [-0.4, -0.2) is 27.9 Å². The van der Waals surface area contributed by atoms with E-state index in [4.69, 9.17) is 4.99 Å². The molecule has 9 aromatic rings. The Labute approximate surface area is 321 Å². The highest BCUT2D eigenvalue weighted by atomic mass is 15.1. The molecule has 7 aromatic carbocycles. The van der Waals surface area contributed by atoms with Crippen molar-refractivity contribution in [1.29, 1.82) is 0 Å². The van der Waals surface area contributed by atoms with Gasteiger partial charge in [0.25, 0.3) is 0 Å². The quantitative estimate of drug-likeness (QED) is 0.135. The number of benzene rings is 7. The van der Waals surface area contributed by atoms with Crippen LogP contribution in [0.3, 0.4) is 0 Å². The standard InChI is InChI=1S/C50H43N5/c1-50(2,3)37-28-26-36(27-29-37)49(53-48(51-4)35-17-7-5-8-18-35)52-33-34-16-15-21-39(30-34)55-45-25-14-12-23-41(45)43-31-42-40-22-11-13-24-44(40)54(46(42)32-47(43)55)38-19-9-6-10-20-38/h5-32H,33H2,1-4H3,(H,51,52,53). The molecular formula is C50H43N5. The fourth-order valence-corrected chi connectivity index (χ4v) is 7.83. The van der Waals surface area contributed by atoms with Crippen LogP contribution in [0.25, 0.3) is 55.0 Å². The lowest BCUT2D eigenvalue weighted by atomic mass is 9.86. The van der Waals surface area contributed by atoms with E-state index < -0.39 is 0 Å². The van der Waals surface area contributed by atoms with Crippen LogP contribution in [0.15, 0.2) is 180 Å². The number of rotatable bonds is 6. The van der Waals surface area contributed by atoms with E-state index in [0.717, 1.165) is 39.7 Å². The van der Waals surface area contributed by atoms with Crippen molar-refractivity contribution in [2.75, 3.05) is 7.05 Å². The zero-order chi connectivity index (χ0) is 37.5. The first-order valence-corrected chi connectivity index (χ1v) is 18.9. The molecule has 2 aromatic heterocycles. The van der Waals surface area contributed by atoms with E-state index in [2.05, 4.69) is 192 Å². The normalized spacial score (nSPS) is 12.7. The van der Waals surface area contributed by atoms with Crippen molar-refractivity contribution in [2.45, 2.75) is 32.7 Å². The van der Waals surface area contributed by atoms with Crippen molar-refractivity contribution < 1.29 is 0 Å². The first-order valence-electron chi connectivity index (χ1n) is 18.9. The molecular weight excluding hydrogens is 671 g/mol. The van der Waals surface area contributed by atoms with Crippen LogP contribution in [0.1, 0.15) is 43.0 Å². The third kappa shape index (κ3) is 6.28. The van der Waals surface area contributed by atoms with Gasteiger partial charge in [-0.2, -0.15) is 0 Å². The second-order valence-corrected chi connectivity index (χ2v) is 15.2. The number of hydrogen-bond acceptors (Lipinski definition) is 2. The van der Waals surface area contributed by atoms with Gasteiger partial charge >= 0.3 is 0 Å². The maximum Gasteiger partial charge on any atom is 0.134 e. The summed E-state index contributed by atoms with van der Waals surface area (Å²) >= 11 is 0. The molecule has 5 nitrogen and oxygen atoms in total. The van der Waals surface area contributed by atoms with Gasteiger partial charge in [-0.05, 0) is 65.1 Å². The molecule has 0 spiro atoms. The van der Waals surface area contributed by atoms with Crippen molar-refractivity contribution in [1.82, 2.24) is 14.5 Å².